The van der Waals surface area contributed by atoms with Gasteiger partial charge in [-0.15, -0.1) is 0 Å². The van der Waals surface area contributed by atoms with Crippen molar-refractivity contribution in [2.45, 2.75) is 36.5 Å². The zero-order chi connectivity index (χ0) is 23.5. The van der Waals surface area contributed by atoms with Crippen molar-refractivity contribution in [3.8, 4) is 5.69 Å². The van der Waals surface area contributed by atoms with Crippen LogP contribution in [-0.2, 0) is 35.0 Å². The largest absolute Gasteiger partial charge is 0.346 e. The van der Waals surface area contributed by atoms with Crippen molar-refractivity contribution in [2.24, 2.45) is 0 Å². The highest BCUT2D eigenvalue weighted by atomic mass is 32.2. The van der Waals surface area contributed by atoms with Gasteiger partial charge < -0.3 is 5.32 Å². The van der Waals surface area contributed by atoms with Crippen molar-refractivity contribution in [1.82, 2.24) is 15.1 Å². The molecular formula is C27H25N3O3S. The minimum Gasteiger partial charge on any atom is -0.346 e. The van der Waals surface area contributed by atoms with Crippen LogP contribution < -0.4 is 5.32 Å². The van der Waals surface area contributed by atoms with Gasteiger partial charge in [0.1, 0.15) is 0 Å². The van der Waals surface area contributed by atoms with Gasteiger partial charge in [0.25, 0.3) is 5.91 Å². The Labute approximate surface area is 199 Å². The Morgan fingerprint density at radius 1 is 0.912 bits per heavy atom. The van der Waals surface area contributed by atoms with E-state index < -0.39 is 9.84 Å². The predicted octanol–water partition coefficient (Wildman–Crippen LogP) is 4.26. The molecule has 0 unspecified atom stereocenters. The first-order valence-corrected chi connectivity index (χ1v) is 13.0. The van der Waals surface area contributed by atoms with Gasteiger partial charge in [0, 0.05) is 11.3 Å². The number of nitrogens with zero attached hydrogens (tertiary/aromatic N) is 2. The fourth-order valence-corrected chi connectivity index (χ4v) is 5.79. The summed E-state index contributed by atoms with van der Waals surface area (Å²) in [6, 6.07) is 25.1. The second-order valence-electron chi connectivity index (χ2n) is 8.43. The van der Waals surface area contributed by atoms with Gasteiger partial charge in [-0.3, -0.25) is 4.79 Å². The molecule has 0 bridgehead atoms. The maximum absolute atomic E-state index is 12.9. The van der Waals surface area contributed by atoms with E-state index in [2.05, 4.69) is 5.32 Å². The molecule has 0 saturated heterocycles. The summed E-state index contributed by atoms with van der Waals surface area (Å²) in [5, 5.41) is 7.76. The van der Waals surface area contributed by atoms with Crippen molar-refractivity contribution >= 4 is 15.7 Å². The van der Waals surface area contributed by atoms with Crippen LogP contribution in [0.2, 0.25) is 0 Å². The number of carbonyl (C=O) groups is 1. The zero-order valence-electron chi connectivity index (χ0n) is 18.6. The molecule has 1 N–H and O–H groups in total. The maximum atomic E-state index is 12.9. The first-order chi connectivity index (χ1) is 16.5. The highest BCUT2D eigenvalue weighted by molar-refractivity contribution is 7.90. The molecule has 5 rings (SSSR count). The SMILES string of the molecule is O=C(NCc1nn(-c2ccccc2)c2c1CCC2)c1cccc(CS(=O)(=O)c2ccccc2)c1. The summed E-state index contributed by atoms with van der Waals surface area (Å²) in [7, 11) is -3.49. The predicted molar refractivity (Wildman–Crippen MR) is 131 cm³/mol. The molecule has 1 amide bonds. The number of rotatable bonds is 7. The van der Waals surface area contributed by atoms with E-state index in [0.717, 1.165) is 30.6 Å². The van der Waals surface area contributed by atoms with Crippen LogP contribution in [0.4, 0.5) is 0 Å². The minimum atomic E-state index is -3.49. The summed E-state index contributed by atoms with van der Waals surface area (Å²) in [6.07, 6.45) is 3.02. The number of sulfone groups is 1. The molecule has 7 heteroatoms. The van der Waals surface area contributed by atoms with E-state index in [-0.39, 0.29) is 16.6 Å². The fraction of sp³-hybridized carbons (Fsp3) is 0.185. The molecular weight excluding hydrogens is 446 g/mol. The van der Waals surface area contributed by atoms with Gasteiger partial charge in [-0.2, -0.15) is 5.10 Å². The molecule has 0 saturated carbocycles. The fourth-order valence-electron chi connectivity index (χ4n) is 4.44. The van der Waals surface area contributed by atoms with Crippen LogP contribution in [0.1, 0.15) is 39.3 Å². The van der Waals surface area contributed by atoms with Crippen molar-refractivity contribution in [2.75, 3.05) is 0 Å². The molecule has 0 radical (unpaired) electrons. The van der Waals surface area contributed by atoms with Gasteiger partial charge in [-0.05, 0) is 66.8 Å². The summed E-state index contributed by atoms with van der Waals surface area (Å²) in [4.78, 5) is 13.2. The number of hydrogen-bond acceptors (Lipinski definition) is 4. The third-order valence-electron chi connectivity index (χ3n) is 6.08. The summed E-state index contributed by atoms with van der Waals surface area (Å²) in [5.41, 5.74) is 5.33. The van der Waals surface area contributed by atoms with Gasteiger partial charge >= 0.3 is 0 Å². The van der Waals surface area contributed by atoms with Gasteiger partial charge in [-0.1, -0.05) is 48.5 Å². The molecule has 0 atom stereocenters. The Bertz CT molecular complexity index is 1430. The molecule has 3 aromatic carbocycles. The number of nitrogens with one attached hydrogen (secondary N) is 1. The van der Waals surface area contributed by atoms with Crippen LogP contribution in [0.3, 0.4) is 0 Å². The lowest BCUT2D eigenvalue weighted by Gasteiger charge is -2.08. The molecule has 6 nitrogen and oxygen atoms in total. The summed E-state index contributed by atoms with van der Waals surface area (Å²) in [6.45, 7) is 0.327. The van der Waals surface area contributed by atoms with E-state index >= 15 is 0 Å². The third-order valence-corrected chi connectivity index (χ3v) is 7.78. The molecule has 0 spiro atoms. The Balaban J connectivity index is 1.31. The molecule has 1 aliphatic rings. The summed E-state index contributed by atoms with van der Waals surface area (Å²) in [5.74, 6) is -0.410. The van der Waals surface area contributed by atoms with Crippen LogP contribution >= 0.6 is 0 Å². The van der Waals surface area contributed by atoms with Gasteiger partial charge in [0.05, 0.1) is 28.6 Å². The standard InChI is InChI=1S/C27H25N3O3S/c31-27(21-10-7-9-20(17-21)19-34(32,33)23-13-5-2-6-14-23)28-18-25-24-15-8-16-26(24)30(29-25)22-11-3-1-4-12-22/h1-7,9-14,17H,8,15-16,18-19H2,(H,28,31). The minimum absolute atomic E-state index is 0.160. The molecule has 1 aromatic heterocycles. The van der Waals surface area contributed by atoms with E-state index in [0.29, 0.717) is 17.7 Å². The molecule has 172 valence electrons. The number of benzene rings is 3. The maximum Gasteiger partial charge on any atom is 0.251 e. The zero-order valence-corrected chi connectivity index (χ0v) is 19.5. The second kappa shape index (κ2) is 9.27. The van der Waals surface area contributed by atoms with Crippen LogP contribution in [0.25, 0.3) is 5.69 Å². The molecule has 34 heavy (non-hydrogen) atoms. The van der Waals surface area contributed by atoms with Crippen molar-refractivity contribution < 1.29 is 13.2 Å². The van der Waals surface area contributed by atoms with Gasteiger partial charge in [0.2, 0.25) is 0 Å². The van der Waals surface area contributed by atoms with Crippen LogP contribution in [-0.4, -0.2) is 24.1 Å². The Hall–Kier alpha value is -3.71. The lowest BCUT2D eigenvalue weighted by molar-refractivity contribution is 0.0950. The van der Waals surface area contributed by atoms with Crippen LogP contribution in [0, 0.1) is 0 Å². The molecule has 0 fully saturated rings. The molecule has 1 heterocycles. The summed E-state index contributed by atoms with van der Waals surface area (Å²) < 4.78 is 27.4. The second-order valence-corrected chi connectivity index (χ2v) is 10.4. The number of fused-ring (bicyclic) bond motifs is 1. The van der Waals surface area contributed by atoms with E-state index in [4.69, 9.17) is 5.10 Å². The van der Waals surface area contributed by atoms with Crippen LogP contribution in [0.15, 0.2) is 89.8 Å². The lowest BCUT2D eigenvalue weighted by Crippen LogP contribution is -2.23. The van der Waals surface area contributed by atoms with E-state index in [9.17, 15) is 13.2 Å². The lowest BCUT2D eigenvalue weighted by atomic mass is 10.1. The topological polar surface area (TPSA) is 81.1 Å². The number of aromatic nitrogens is 2. The van der Waals surface area contributed by atoms with Crippen LogP contribution in [0.5, 0.6) is 0 Å². The highest BCUT2D eigenvalue weighted by Gasteiger charge is 2.23. The Morgan fingerprint density at radius 3 is 2.41 bits per heavy atom. The highest BCUT2D eigenvalue weighted by Crippen LogP contribution is 2.27. The van der Waals surface area contributed by atoms with Gasteiger partial charge in [0.15, 0.2) is 9.84 Å². The van der Waals surface area contributed by atoms with Crippen molar-refractivity contribution in [3.05, 3.63) is 113 Å². The quantitative estimate of drug-likeness (QED) is 0.437. The molecule has 1 aliphatic carbocycles. The average Bonchev–Trinajstić information content (AvgIpc) is 3.47. The number of amides is 1. The monoisotopic (exact) mass is 471 g/mol. The van der Waals surface area contributed by atoms with E-state index in [1.165, 1.54) is 11.3 Å². The number of para-hydroxylation sites is 1. The third kappa shape index (κ3) is 4.52. The van der Waals surface area contributed by atoms with Gasteiger partial charge in [-0.25, -0.2) is 13.1 Å². The smallest absolute Gasteiger partial charge is 0.251 e. The summed E-state index contributed by atoms with van der Waals surface area (Å²) >= 11 is 0. The first-order valence-electron chi connectivity index (χ1n) is 11.3. The van der Waals surface area contributed by atoms with Crippen molar-refractivity contribution in [3.63, 3.8) is 0 Å². The Kier molecular flexibility index (Phi) is 6.02. The normalized spacial score (nSPS) is 12.9. The average molecular weight is 472 g/mol. The van der Waals surface area contributed by atoms with Crippen molar-refractivity contribution in [1.29, 1.82) is 0 Å². The van der Waals surface area contributed by atoms with E-state index in [1.807, 2.05) is 35.0 Å². The molecule has 0 aliphatic heterocycles. The number of hydrogen-bond donors (Lipinski definition) is 1. The molecule has 4 aromatic rings. The number of carbonyl (C=O) groups excluding carboxylic acids is 1. The van der Waals surface area contributed by atoms with E-state index in [1.54, 1.807) is 54.6 Å². The Morgan fingerprint density at radius 2 is 1.65 bits per heavy atom. The first kappa shape index (κ1) is 22.1.